The van der Waals surface area contributed by atoms with Crippen LogP contribution in [0.4, 0.5) is 5.69 Å². The van der Waals surface area contributed by atoms with Gasteiger partial charge >= 0.3 is 0 Å². The van der Waals surface area contributed by atoms with Crippen molar-refractivity contribution >= 4 is 55.1 Å². The molecule has 10 heteroatoms. The number of carbonyl (C=O) groups is 2. The van der Waals surface area contributed by atoms with Gasteiger partial charge in [0, 0.05) is 29.0 Å². The number of halogens is 2. The second-order valence-corrected chi connectivity index (χ2v) is 12.5. The molecule has 0 heterocycles. The first kappa shape index (κ1) is 30.7. The van der Waals surface area contributed by atoms with Gasteiger partial charge in [0.15, 0.2) is 0 Å². The molecule has 3 rings (SSSR count). The van der Waals surface area contributed by atoms with E-state index in [4.69, 9.17) is 11.6 Å². The molecule has 0 saturated carbocycles. The molecule has 1 atom stereocenters. The summed E-state index contributed by atoms with van der Waals surface area (Å²) >= 11 is 9.60. The minimum atomic E-state index is -3.82. The third kappa shape index (κ3) is 9.37. The zero-order valence-corrected chi connectivity index (χ0v) is 25.2. The van der Waals surface area contributed by atoms with E-state index in [2.05, 4.69) is 21.2 Å². The largest absolute Gasteiger partial charge is 0.354 e. The van der Waals surface area contributed by atoms with Gasteiger partial charge in [-0.1, -0.05) is 89.4 Å². The molecular formula is C29H33BrClN3O4S. The summed E-state index contributed by atoms with van der Waals surface area (Å²) in [7, 11) is -3.82. The minimum absolute atomic E-state index is 0.0776. The Morgan fingerprint density at radius 3 is 2.31 bits per heavy atom. The number of nitrogens with one attached hydrogen (secondary N) is 1. The summed E-state index contributed by atoms with van der Waals surface area (Å²) in [4.78, 5) is 29.0. The molecule has 0 aliphatic carbocycles. The van der Waals surface area contributed by atoms with Crippen molar-refractivity contribution in [3.05, 3.63) is 99.5 Å². The Balaban J connectivity index is 2.03. The molecule has 0 aliphatic rings. The summed E-state index contributed by atoms with van der Waals surface area (Å²) in [6, 6.07) is 22.4. The second-order valence-electron chi connectivity index (χ2n) is 9.25. The first-order valence-corrected chi connectivity index (χ1v) is 15.7. The lowest BCUT2D eigenvalue weighted by atomic mass is 10.0. The first-order valence-electron chi connectivity index (χ1n) is 12.7. The van der Waals surface area contributed by atoms with Gasteiger partial charge in [-0.2, -0.15) is 0 Å². The Labute approximate surface area is 244 Å². The number of nitrogens with zero attached hydrogens (tertiary/aromatic N) is 2. The second kappa shape index (κ2) is 14.5. The van der Waals surface area contributed by atoms with Gasteiger partial charge in [-0.15, -0.1) is 0 Å². The third-order valence-electron chi connectivity index (χ3n) is 6.12. The standard InChI is InChI=1S/C29H33BrClN3O4S/c1-3-4-16-32-29(36)27(18-22-10-6-5-7-11-22)33(20-23-12-8-14-25(31)17-23)28(35)21-34(39(2,37)38)26-15-9-13-24(30)19-26/h5-15,17,19,27H,3-4,16,18,20-21H2,1-2H3,(H,32,36)/t27-/m0/s1. The predicted octanol–water partition coefficient (Wildman–Crippen LogP) is 5.42. The molecule has 3 aromatic carbocycles. The van der Waals surface area contributed by atoms with Gasteiger partial charge in [0.2, 0.25) is 21.8 Å². The molecule has 0 spiro atoms. The van der Waals surface area contributed by atoms with Crippen LogP contribution in [0.15, 0.2) is 83.3 Å². The van der Waals surface area contributed by atoms with Crippen LogP contribution in [-0.4, -0.2) is 50.5 Å². The van der Waals surface area contributed by atoms with Gasteiger partial charge in [-0.05, 0) is 47.9 Å². The Morgan fingerprint density at radius 1 is 0.974 bits per heavy atom. The van der Waals surface area contributed by atoms with E-state index in [1.165, 1.54) is 4.90 Å². The van der Waals surface area contributed by atoms with Crippen molar-refractivity contribution in [2.24, 2.45) is 0 Å². The number of hydrogen-bond donors (Lipinski definition) is 1. The Hall–Kier alpha value is -2.88. The molecule has 0 fully saturated rings. The molecule has 3 aromatic rings. The minimum Gasteiger partial charge on any atom is -0.354 e. The van der Waals surface area contributed by atoms with E-state index >= 15 is 0 Å². The van der Waals surface area contributed by atoms with Crippen LogP contribution in [0.25, 0.3) is 0 Å². The summed E-state index contributed by atoms with van der Waals surface area (Å²) in [6.45, 7) is 2.12. The van der Waals surface area contributed by atoms with Crippen LogP contribution in [-0.2, 0) is 32.6 Å². The molecule has 2 amide bonds. The number of amides is 2. The molecule has 1 N–H and O–H groups in total. The molecule has 0 aromatic heterocycles. The highest BCUT2D eigenvalue weighted by Crippen LogP contribution is 2.24. The van der Waals surface area contributed by atoms with Crippen molar-refractivity contribution in [3.63, 3.8) is 0 Å². The number of benzene rings is 3. The fraction of sp³-hybridized carbons (Fsp3) is 0.310. The molecule has 0 bridgehead atoms. The van der Waals surface area contributed by atoms with Crippen LogP contribution in [0.1, 0.15) is 30.9 Å². The average Bonchev–Trinajstić information content (AvgIpc) is 2.89. The topological polar surface area (TPSA) is 86.8 Å². The number of unbranched alkanes of at least 4 members (excludes halogenated alkanes) is 1. The Morgan fingerprint density at radius 2 is 1.67 bits per heavy atom. The summed E-state index contributed by atoms with van der Waals surface area (Å²) in [6.07, 6.45) is 3.03. The van der Waals surface area contributed by atoms with Crippen molar-refractivity contribution in [2.75, 3.05) is 23.7 Å². The fourth-order valence-electron chi connectivity index (χ4n) is 4.14. The van der Waals surface area contributed by atoms with Crippen LogP contribution < -0.4 is 9.62 Å². The molecule has 0 saturated heterocycles. The molecule has 39 heavy (non-hydrogen) atoms. The number of sulfonamides is 1. The predicted molar refractivity (Wildman–Crippen MR) is 160 cm³/mol. The van der Waals surface area contributed by atoms with Crippen LogP contribution in [0.5, 0.6) is 0 Å². The van der Waals surface area contributed by atoms with E-state index in [0.717, 1.165) is 34.5 Å². The van der Waals surface area contributed by atoms with Gasteiger partial charge in [0.1, 0.15) is 12.6 Å². The third-order valence-corrected chi connectivity index (χ3v) is 7.99. The highest BCUT2D eigenvalue weighted by Gasteiger charge is 2.33. The first-order chi connectivity index (χ1) is 18.6. The van der Waals surface area contributed by atoms with E-state index in [1.807, 2.05) is 43.3 Å². The van der Waals surface area contributed by atoms with Crippen LogP contribution >= 0.6 is 27.5 Å². The van der Waals surface area contributed by atoms with E-state index in [0.29, 0.717) is 21.7 Å². The number of rotatable bonds is 13. The summed E-state index contributed by atoms with van der Waals surface area (Å²) in [5, 5.41) is 3.46. The van der Waals surface area contributed by atoms with Gasteiger partial charge in [-0.25, -0.2) is 8.42 Å². The van der Waals surface area contributed by atoms with Crippen molar-refractivity contribution in [1.29, 1.82) is 0 Å². The maximum Gasteiger partial charge on any atom is 0.244 e. The van der Waals surface area contributed by atoms with Gasteiger partial charge in [-0.3, -0.25) is 13.9 Å². The quantitative estimate of drug-likeness (QED) is 0.254. The average molecular weight is 635 g/mol. The van der Waals surface area contributed by atoms with Crippen molar-refractivity contribution in [2.45, 2.75) is 38.8 Å². The molecule has 0 radical (unpaired) electrons. The van der Waals surface area contributed by atoms with Crippen molar-refractivity contribution in [1.82, 2.24) is 10.2 Å². The van der Waals surface area contributed by atoms with Gasteiger partial charge < -0.3 is 10.2 Å². The monoisotopic (exact) mass is 633 g/mol. The smallest absolute Gasteiger partial charge is 0.244 e. The SMILES string of the molecule is CCCCNC(=O)[C@H](Cc1ccccc1)N(Cc1cccc(Cl)c1)C(=O)CN(c1cccc(Br)c1)S(C)(=O)=O. The molecular weight excluding hydrogens is 602 g/mol. The summed E-state index contributed by atoms with van der Waals surface area (Å²) in [5.74, 6) is -0.803. The zero-order valence-electron chi connectivity index (χ0n) is 22.0. The lowest BCUT2D eigenvalue weighted by Gasteiger charge is -2.33. The number of anilines is 1. The highest BCUT2D eigenvalue weighted by molar-refractivity contribution is 9.10. The van der Waals surface area contributed by atoms with Crippen molar-refractivity contribution < 1.29 is 18.0 Å². The Kier molecular flexibility index (Phi) is 11.4. The van der Waals surface area contributed by atoms with E-state index in [1.54, 1.807) is 42.5 Å². The Bertz CT molecular complexity index is 1370. The van der Waals surface area contributed by atoms with Crippen molar-refractivity contribution in [3.8, 4) is 0 Å². The van der Waals surface area contributed by atoms with E-state index in [9.17, 15) is 18.0 Å². The molecule has 0 aliphatic heterocycles. The normalized spacial score (nSPS) is 12.0. The van der Waals surface area contributed by atoms with Crippen LogP contribution in [0.2, 0.25) is 5.02 Å². The summed E-state index contributed by atoms with van der Waals surface area (Å²) in [5.41, 5.74) is 1.95. The van der Waals surface area contributed by atoms with E-state index in [-0.39, 0.29) is 18.9 Å². The maximum atomic E-state index is 14.0. The van der Waals surface area contributed by atoms with E-state index < -0.39 is 28.5 Å². The number of hydrogen-bond acceptors (Lipinski definition) is 4. The maximum absolute atomic E-state index is 14.0. The fourth-order valence-corrected chi connectivity index (χ4v) is 5.58. The van der Waals surface area contributed by atoms with Gasteiger partial charge in [0.25, 0.3) is 0 Å². The van der Waals surface area contributed by atoms with Crippen LogP contribution in [0, 0.1) is 0 Å². The zero-order chi connectivity index (χ0) is 28.4. The highest BCUT2D eigenvalue weighted by atomic mass is 79.9. The summed E-state index contributed by atoms with van der Waals surface area (Å²) < 4.78 is 27.4. The number of carbonyl (C=O) groups excluding carboxylic acids is 2. The lowest BCUT2D eigenvalue weighted by Crippen LogP contribution is -2.53. The molecule has 208 valence electrons. The molecule has 0 unspecified atom stereocenters. The molecule has 7 nitrogen and oxygen atoms in total. The lowest BCUT2D eigenvalue weighted by molar-refractivity contribution is -0.140. The van der Waals surface area contributed by atoms with Crippen LogP contribution in [0.3, 0.4) is 0 Å². The van der Waals surface area contributed by atoms with Gasteiger partial charge in [0.05, 0.1) is 11.9 Å².